The van der Waals surface area contributed by atoms with Crippen LogP contribution in [-0.4, -0.2) is 19.1 Å². The Hall–Kier alpha value is -1.71. The van der Waals surface area contributed by atoms with E-state index in [-0.39, 0.29) is 12.6 Å². The first-order chi connectivity index (χ1) is 10.0. The van der Waals surface area contributed by atoms with Crippen LogP contribution in [0.15, 0.2) is 18.2 Å². The summed E-state index contributed by atoms with van der Waals surface area (Å²) >= 11 is 0. The van der Waals surface area contributed by atoms with Gasteiger partial charge in [-0.05, 0) is 31.5 Å². The molecule has 1 aromatic carbocycles. The number of carbonyl (C=O) groups excluding carboxylic acids is 1. The highest BCUT2D eigenvalue weighted by Gasteiger charge is 2.06. The van der Waals surface area contributed by atoms with Crippen molar-refractivity contribution in [1.29, 1.82) is 0 Å². The predicted octanol–water partition coefficient (Wildman–Crippen LogP) is 4.63. The summed E-state index contributed by atoms with van der Waals surface area (Å²) in [6.45, 7) is 13.8. The minimum Gasteiger partial charge on any atom is -0.495 e. The summed E-state index contributed by atoms with van der Waals surface area (Å²) in [5.41, 5.74) is 1.85. The van der Waals surface area contributed by atoms with E-state index in [1.807, 2.05) is 45.9 Å². The van der Waals surface area contributed by atoms with E-state index < -0.39 is 0 Å². The van der Waals surface area contributed by atoms with E-state index in [1.54, 1.807) is 7.11 Å². The third-order valence-corrected chi connectivity index (χ3v) is 2.15. The van der Waals surface area contributed by atoms with E-state index in [9.17, 15) is 4.79 Å². The van der Waals surface area contributed by atoms with Gasteiger partial charge in [-0.3, -0.25) is 4.79 Å². The minimum atomic E-state index is -0.284. The molecule has 4 heteroatoms. The van der Waals surface area contributed by atoms with Crippen LogP contribution in [0.2, 0.25) is 0 Å². The maximum absolute atomic E-state index is 10.7. The van der Waals surface area contributed by atoms with Crippen molar-refractivity contribution >= 4 is 11.7 Å². The van der Waals surface area contributed by atoms with Crippen molar-refractivity contribution in [1.82, 2.24) is 0 Å². The lowest BCUT2D eigenvalue weighted by Crippen LogP contribution is -2.10. The van der Waals surface area contributed by atoms with E-state index >= 15 is 0 Å². The maximum atomic E-state index is 10.7. The molecule has 0 heterocycles. The Labute approximate surface area is 129 Å². The number of rotatable bonds is 5. The SMILES string of the molecule is CC.CC.COc1cc(COC(C)=O)ccc1NC(C)C. The van der Waals surface area contributed by atoms with E-state index in [4.69, 9.17) is 9.47 Å². The lowest BCUT2D eigenvalue weighted by molar-refractivity contribution is -0.142. The molecule has 0 bridgehead atoms. The monoisotopic (exact) mass is 297 g/mol. The molecule has 122 valence electrons. The molecule has 1 rings (SSSR count). The number of benzene rings is 1. The van der Waals surface area contributed by atoms with Crippen LogP contribution >= 0.6 is 0 Å². The first-order valence-corrected chi connectivity index (χ1v) is 7.59. The Morgan fingerprint density at radius 1 is 1.19 bits per heavy atom. The first kappa shape index (κ1) is 21.6. The molecule has 0 aliphatic carbocycles. The number of methoxy groups -OCH3 is 1. The molecule has 4 nitrogen and oxygen atoms in total. The predicted molar refractivity (Wildman–Crippen MR) is 89.9 cm³/mol. The Bertz CT molecular complexity index is 390. The second-order valence-corrected chi connectivity index (χ2v) is 4.11. The largest absolute Gasteiger partial charge is 0.495 e. The van der Waals surface area contributed by atoms with Crippen LogP contribution in [-0.2, 0) is 16.1 Å². The summed E-state index contributed by atoms with van der Waals surface area (Å²) in [4.78, 5) is 10.7. The summed E-state index contributed by atoms with van der Waals surface area (Å²) in [6.07, 6.45) is 0. The zero-order valence-corrected chi connectivity index (χ0v) is 14.7. The normalized spacial score (nSPS) is 8.81. The molecular weight excluding hydrogens is 266 g/mol. The fourth-order valence-electron chi connectivity index (χ4n) is 1.44. The molecule has 0 amide bonds. The maximum Gasteiger partial charge on any atom is 0.302 e. The number of ether oxygens (including phenoxy) is 2. The Kier molecular flexibility index (Phi) is 13.7. The number of anilines is 1. The smallest absolute Gasteiger partial charge is 0.302 e. The number of hydrogen-bond donors (Lipinski definition) is 1. The number of hydrogen-bond acceptors (Lipinski definition) is 4. The fraction of sp³-hybridized carbons (Fsp3) is 0.588. The molecule has 0 aliphatic rings. The number of carbonyl (C=O) groups is 1. The molecular formula is C17H31NO3. The van der Waals surface area contributed by atoms with Gasteiger partial charge in [-0.25, -0.2) is 0 Å². The second kappa shape index (κ2) is 13.3. The Morgan fingerprint density at radius 3 is 2.19 bits per heavy atom. The summed E-state index contributed by atoms with van der Waals surface area (Å²) in [7, 11) is 1.62. The van der Waals surface area contributed by atoms with Gasteiger partial charge in [0.1, 0.15) is 12.4 Å². The van der Waals surface area contributed by atoms with Gasteiger partial charge in [0, 0.05) is 13.0 Å². The van der Waals surface area contributed by atoms with Gasteiger partial charge in [0.25, 0.3) is 0 Å². The van der Waals surface area contributed by atoms with Crippen molar-refractivity contribution in [3.63, 3.8) is 0 Å². The zero-order valence-electron chi connectivity index (χ0n) is 14.7. The lowest BCUT2D eigenvalue weighted by Gasteiger charge is -2.15. The van der Waals surface area contributed by atoms with E-state index in [0.717, 1.165) is 17.0 Å². The van der Waals surface area contributed by atoms with Crippen LogP contribution in [0.3, 0.4) is 0 Å². The highest BCUT2D eigenvalue weighted by molar-refractivity contribution is 5.66. The van der Waals surface area contributed by atoms with Crippen molar-refractivity contribution < 1.29 is 14.3 Å². The first-order valence-electron chi connectivity index (χ1n) is 7.59. The Balaban J connectivity index is 0. The van der Waals surface area contributed by atoms with Gasteiger partial charge in [0.15, 0.2) is 0 Å². The second-order valence-electron chi connectivity index (χ2n) is 4.11. The zero-order chi connectivity index (χ0) is 16.8. The van der Waals surface area contributed by atoms with Gasteiger partial charge in [0.05, 0.1) is 12.8 Å². The molecule has 1 aromatic rings. The van der Waals surface area contributed by atoms with Crippen molar-refractivity contribution in [2.24, 2.45) is 0 Å². The van der Waals surface area contributed by atoms with Gasteiger partial charge in [0.2, 0.25) is 0 Å². The van der Waals surface area contributed by atoms with Crippen LogP contribution in [0.25, 0.3) is 0 Å². The Morgan fingerprint density at radius 2 is 1.76 bits per heavy atom. The van der Waals surface area contributed by atoms with E-state index in [2.05, 4.69) is 19.2 Å². The standard InChI is InChI=1S/C13H19NO3.2C2H6/c1-9(2)14-12-6-5-11(7-13(12)16-4)8-17-10(3)15;2*1-2/h5-7,9,14H,8H2,1-4H3;2*1-2H3. The summed E-state index contributed by atoms with van der Waals surface area (Å²) in [5.74, 6) is 0.469. The van der Waals surface area contributed by atoms with Gasteiger partial charge in [-0.15, -0.1) is 0 Å². The third-order valence-electron chi connectivity index (χ3n) is 2.15. The quantitative estimate of drug-likeness (QED) is 0.805. The summed E-state index contributed by atoms with van der Waals surface area (Å²) in [6, 6.07) is 6.05. The van der Waals surface area contributed by atoms with Crippen LogP contribution < -0.4 is 10.1 Å². The average molecular weight is 297 g/mol. The molecule has 0 saturated heterocycles. The minimum absolute atomic E-state index is 0.271. The molecule has 1 N–H and O–H groups in total. The lowest BCUT2D eigenvalue weighted by atomic mass is 10.2. The van der Waals surface area contributed by atoms with Crippen LogP contribution in [0.4, 0.5) is 5.69 Å². The van der Waals surface area contributed by atoms with Crippen LogP contribution in [0.5, 0.6) is 5.75 Å². The summed E-state index contributed by atoms with van der Waals surface area (Å²) < 4.78 is 10.2. The third kappa shape index (κ3) is 9.77. The van der Waals surface area contributed by atoms with Crippen LogP contribution in [0, 0.1) is 0 Å². The van der Waals surface area contributed by atoms with Gasteiger partial charge in [-0.1, -0.05) is 33.8 Å². The number of esters is 1. The molecule has 21 heavy (non-hydrogen) atoms. The van der Waals surface area contributed by atoms with Crippen LogP contribution in [0.1, 0.15) is 54.0 Å². The highest BCUT2D eigenvalue weighted by atomic mass is 16.5. The van der Waals surface area contributed by atoms with Crippen molar-refractivity contribution in [3.8, 4) is 5.75 Å². The fourth-order valence-corrected chi connectivity index (χ4v) is 1.44. The molecule has 0 atom stereocenters. The van der Waals surface area contributed by atoms with Gasteiger partial charge < -0.3 is 14.8 Å². The molecule has 0 saturated carbocycles. The molecule has 0 aromatic heterocycles. The number of nitrogens with one attached hydrogen (secondary N) is 1. The van der Waals surface area contributed by atoms with Gasteiger partial charge >= 0.3 is 5.97 Å². The topological polar surface area (TPSA) is 47.6 Å². The van der Waals surface area contributed by atoms with Crippen molar-refractivity contribution in [2.45, 2.75) is 61.1 Å². The molecule has 0 aliphatic heterocycles. The molecule has 0 fully saturated rings. The van der Waals surface area contributed by atoms with Crippen molar-refractivity contribution in [3.05, 3.63) is 23.8 Å². The highest BCUT2D eigenvalue weighted by Crippen LogP contribution is 2.26. The van der Waals surface area contributed by atoms with E-state index in [0.29, 0.717) is 6.04 Å². The summed E-state index contributed by atoms with van der Waals surface area (Å²) in [5, 5.41) is 3.28. The molecule has 0 unspecified atom stereocenters. The van der Waals surface area contributed by atoms with Gasteiger partial charge in [-0.2, -0.15) is 0 Å². The van der Waals surface area contributed by atoms with E-state index in [1.165, 1.54) is 6.92 Å². The average Bonchev–Trinajstić information content (AvgIpc) is 2.49. The molecule has 0 spiro atoms. The van der Waals surface area contributed by atoms with Crippen molar-refractivity contribution in [2.75, 3.05) is 12.4 Å². The molecule has 0 radical (unpaired) electrons.